The summed E-state index contributed by atoms with van der Waals surface area (Å²) in [5.74, 6) is 0.780. The van der Waals surface area contributed by atoms with Gasteiger partial charge < -0.3 is 9.64 Å². The van der Waals surface area contributed by atoms with Crippen molar-refractivity contribution < 1.29 is 4.74 Å². The molecule has 1 aromatic heterocycles. The highest BCUT2D eigenvalue weighted by molar-refractivity contribution is 5.53. The van der Waals surface area contributed by atoms with Crippen molar-refractivity contribution >= 4 is 5.82 Å². The van der Waals surface area contributed by atoms with Gasteiger partial charge in [0.05, 0.1) is 11.7 Å². The average molecular weight is 217 g/mol. The first-order valence-corrected chi connectivity index (χ1v) is 5.53. The van der Waals surface area contributed by atoms with Crippen LogP contribution in [0.4, 0.5) is 5.82 Å². The third kappa shape index (κ3) is 2.31. The lowest BCUT2D eigenvalue weighted by atomic mass is 10.2. The Balaban J connectivity index is 2.25. The minimum atomic E-state index is 0.191. The summed E-state index contributed by atoms with van der Waals surface area (Å²) in [5, 5.41) is 9.04. The van der Waals surface area contributed by atoms with Gasteiger partial charge in [0, 0.05) is 25.9 Å². The fourth-order valence-electron chi connectivity index (χ4n) is 1.92. The van der Waals surface area contributed by atoms with Crippen LogP contribution in [0.2, 0.25) is 0 Å². The molecule has 0 aromatic carbocycles. The average Bonchev–Trinajstić information content (AvgIpc) is 2.54. The van der Waals surface area contributed by atoms with Crippen molar-refractivity contribution in [2.75, 3.05) is 24.6 Å². The van der Waals surface area contributed by atoms with Gasteiger partial charge in [0.1, 0.15) is 11.9 Å². The van der Waals surface area contributed by atoms with Crippen molar-refractivity contribution in [1.82, 2.24) is 4.98 Å². The third-order valence-electron chi connectivity index (χ3n) is 2.66. The molecule has 4 nitrogen and oxygen atoms in total. The predicted octanol–water partition coefficient (Wildman–Crippen LogP) is 1.57. The minimum Gasteiger partial charge on any atom is -0.377 e. The van der Waals surface area contributed by atoms with E-state index in [1.165, 1.54) is 0 Å². The lowest BCUT2D eigenvalue weighted by Crippen LogP contribution is -2.31. The van der Waals surface area contributed by atoms with E-state index in [4.69, 9.17) is 10.00 Å². The molecule has 16 heavy (non-hydrogen) atoms. The maximum absolute atomic E-state index is 9.04. The summed E-state index contributed by atoms with van der Waals surface area (Å²) in [6.07, 6.45) is 2.90. The Morgan fingerprint density at radius 3 is 3.31 bits per heavy atom. The van der Waals surface area contributed by atoms with Crippen LogP contribution in [-0.4, -0.2) is 30.8 Å². The number of nitriles is 1. The Hall–Kier alpha value is -1.60. The first-order valence-electron chi connectivity index (χ1n) is 5.53. The van der Waals surface area contributed by atoms with E-state index in [1.54, 1.807) is 18.3 Å². The van der Waals surface area contributed by atoms with Gasteiger partial charge in [-0.3, -0.25) is 0 Å². The van der Waals surface area contributed by atoms with E-state index >= 15 is 0 Å². The maximum atomic E-state index is 9.04. The van der Waals surface area contributed by atoms with Gasteiger partial charge in [-0.15, -0.1) is 0 Å². The second kappa shape index (κ2) is 4.95. The monoisotopic (exact) mass is 217 g/mol. The predicted molar refractivity (Wildman–Crippen MR) is 61.2 cm³/mol. The SMILES string of the molecule is CC1CN(c2ncccc2C#N)CCCO1. The smallest absolute Gasteiger partial charge is 0.146 e. The topological polar surface area (TPSA) is 49.2 Å². The van der Waals surface area contributed by atoms with Crippen LogP contribution in [0.1, 0.15) is 18.9 Å². The zero-order valence-corrected chi connectivity index (χ0v) is 9.39. The van der Waals surface area contributed by atoms with Crippen LogP contribution in [-0.2, 0) is 4.74 Å². The van der Waals surface area contributed by atoms with Crippen molar-refractivity contribution in [3.05, 3.63) is 23.9 Å². The van der Waals surface area contributed by atoms with Crippen LogP contribution in [0.15, 0.2) is 18.3 Å². The fraction of sp³-hybridized carbons (Fsp3) is 0.500. The fourth-order valence-corrected chi connectivity index (χ4v) is 1.92. The molecule has 0 N–H and O–H groups in total. The highest BCUT2D eigenvalue weighted by atomic mass is 16.5. The Morgan fingerprint density at radius 1 is 1.62 bits per heavy atom. The van der Waals surface area contributed by atoms with E-state index in [9.17, 15) is 0 Å². The summed E-state index contributed by atoms with van der Waals surface area (Å²) >= 11 is 0. The molecular formula is C12H15N3O. The minimum absolute atomic E-state index is 0.191. The molecule has 0 aliphatic carbocycles. The molecule has 1 aromatic rings. The van der Waals surface area contributed by atoms with Gasteiger partial charge in [-0.1, -0.05) is 0 Å². The summed E-state index contributed by atoms with van der Waals surface area (Å²) in [6, 6.07) is 5.78. The molecule has 84 valence electrons. The molecule has 2 rings (SSSR count). The van der Waals surface area contributed by atoms with Gasteiger partial charge in [0.25, 0.3) is 0 Å². The number of hydrogen-bond donors (Lipinski definition) is 0. The normalized spacial score (nSPS) is 21.2. The lowest BCUT2D eigenvalue weighted by Gasteiger charge is -2.23. The van der Waals surface area contributed by atoms with E-state index in [-0.39, 0.29) is 6.10 Å². The summed E-state index contributed by atoms with van der Waals surface area (Å²) < 4.78 is 5.58. The van der Waals surface area contributed by atoms with Crippen molar-refractivity contribution in [2.24, 2.45) is 0 Å². The quantitative estimate of drug-likeness (QED) is 0.716. The number of anilines is 1. The van der Waals surface area contributed by atoms with Gasteiger partial charge >= 0.3 is 0 Å². The second-order valence-corrected chi connectivity index (χ2v) is 3.97. The molecule has 0 spiro atoms. The first-order chi connectivity index (χ1) is 7.81. The standard InChI is InChI=1S/C12H15N3O/c1-10-9-15(6-3-7-16-10)12-11(8-13)4-2-5-14-12/h2,4-5,10H,3,6-7,9H2,1H3. The van der Waals surface area contributed by atoms with Crippen LogP contribution in [0.3, 0.4) is 0 Å². The maximum Gasteiger partial charge on any atom is 0.146 e. The number of nitrogens with zero attached hydrogens (tertiary/aromatic N) is 3. The highest BCUT2D eigenvalue weighted by Gasteiger charge is 2.18. The number of rotatable bonds is 1. The number of hydrogen-bond acceptors (Lipinski definition) is 4. The second-order valence-electron chi connectivity index (χ2n) is 3.97. The molecule has 1 aliphatic rings. The molecule has 0 saturated carbocycles. The summed E-state index contributed by atoms with van der Waals surface area (Å²) in [4.78, 5) is 6.43. The van der Waals surface area contributed by atoms with Crippen LogP contribution in [0.5, 0.6) is 0 Å². The van der Waals surface area contributed by atoms with Gasteiger partial charge in [-0.05, 0) is 25.5 Å². The number of ether oxygens (including phenoxy) is 1. The molecule has 1 atom stereocenters. The zero-order chi connectivity index (χ0) is 11.4. The van der Waals surface area contributed by atoms with Gasteiger partial charge in [-0.25, -0.2) is 4.98 Å². The third-order valence-corrected chi connectivity index (χ3v) is 2.66. The van der Waals surface area contributed by atoms with Gasteiger partial charge in [-0.2, -0.15) is 5.26 Å². The molecule has 0 bridgehead atoms. The summed E-state index contributed by atoms with van der Waals surface area (Å²) in [7, 11) is 0. The van der Waals surface area contributed by atoms with Crippen molar-refractivity contribution in [2.45, 2.75) is 19.4 Å². The Labute approximate surface area is 95.5 Å². The molecular weight excluding hydrogens is 202 g/mol. The van der Waals surface area contributed by atoms with Crippen molar-refractivity contribution in [3.8, 4) is 6.07 Å². The van der Waals surface area contributed by atoms with E-state index in [2.05, 4.69) is 16.0 Å². The largest absolute Gasteiger partial charge is 0.377 e. The van der Waals surface area contributed by atoms with Gasteiger partial charge in [0.2, 0.25) is 0 Å². The van der Waals surface area contributed by atoms with Crippen molar-refractivity contribution in [1.29, 1.82) is 5.26 Å². The summed E-state index contributed by atoms with van der Waals surface area (Å²) in [6.45, 7) is 4.53. The van der Waals surface area contributed by atoms with Crippen LogP contribution in [0, 0.1) is 11.3 Å². The molecule has 1 unspecified atom stereocenters. The highest BCUT2D eigenvalue weighted by Crippen LogP contribution is 2.18. The van der Waals surface area contributed by atoms with E-state index in [0.717, 1.165) is 31.9 Å². The zero-order valence-electron chi connectivity index (χ0n) is 9.39. The van der Waals surface area contributed by atoms with Crippen LogP contribution < -0.4 is 4.90 Å². The number of aromatic nitrogens is 1. The molecule has 1 aliphatic heterocycles. The molecule has 2 heterocycles. The van der Waals surface area contributed by atoms with E-state index < -0.39 is 0 Å². The first kappa shape index (κ1) is 10.9. The van der Waals surface area contributed by atoms with E-state index in [1.807, 2.05) is 6.92 Å². The molecule has 0 radical (unpaired) electrons. The Kier molecular flexibility index (Phi) is 3.37. The van der Waals surface area contributed by atoms with Crippen molar-refractivity contribution in [3.63, 3.8) is 0 Å². The Morgan fingerprint density at radius 2 is 2.50 bits per heavy atom. The number of pyridine rings is 1. The summed E-state index contributed by atoms with van der Waals surface area (Å²) in [5.41, 5.74) is 0.636. The molecule has 4 heteroatoms. The Bertz CT molecular complexity index is 399. The van der Waals surface area contributed by atoms with Crippen LogP contribution >= 0.6 is 0 Å². The molecule has 0 amide bonds. The van der Waals surface area contributed by atoms with E-state index in [0.29, 0.717) is 5.56 Å². The van der Waals surface area contributed by atoms with Gasteiger partial charge in [0.15, 0.2) is 0 Å². The lowest BCUT2D eigenvalue weighted by molar-refractivity contribution is 0.0820. The molecule has 1 fully saturated rings. The van der Waals surface area contributed by atoms with Crippen LogP contribution in [0.25, 0.3) is 0 Å². The molecule has 1 saturated heterocycles.